The zero-order chi connectivity index (χ0) is 13.2. The number of fused-ring (bicyclic) bond motifs is 1. The Bertz CT molecular complexity index is 487. The summed E-state index contributed by atoms with van der Waals surface area (Å²) in [5.74, 6) is -0.0688. The summed E-state index contributed by atoms with van der Waals surface area (Å²) in [6.45, 7) is 1.72. The van der Waals surface area contributed by atoms with Crippen molar-refractivity contribution in [1.82, 2.24) is 10.6 Å². The van der Waals surface area contributed by atoms with Crippen molar-refractivity contribution in [1.29, 1.82) is 0 Å². The smallest absolute Gasteiger partial charge is 0.251 e. The van der Waals surface area contributed by atoms with Crippen LogP contribution in [0.5, 0.6) is 0 Å². The highest BCUT2D eigenvalue weighted by Gasteiger charge is 2.25. The Hall–Kier alpha value is -1.39. The second-order valence-corrected chi connectivity index (χ2v) is 5.52. The first kappa shape index (κ1) is 12.6. The maximum absolute atomic E-state index is 12.2. The van der Waals surface area contributed by atoms with Crippen LogP contribution in [-0.2, 0) is 13.1 Å². The summed E-state index contributed by atoms with van der Waals surface area (Å²) in [5, 5.41) is 16.1. The summed E-state index contributed by atoms with van der Waals surface area (Å²) >= 11 is 0. The van der Waals surface area contributed by atoms with Crippen molar-refractivity contribution >= 4 is 5.91 Å². The van der Waals surface area contributed by atoms with Crippen LogP contribution < -0.4 is 10.6 Å². The molecule has 4 heteroatoms. The fraction of sp³-hybridized carbons (Fsp3) is 0.533. The minimum Gasteiger partial charge on any atom is -0.391 e. The minimum absolute atomic E-state index is 0.0688. The first-order valence-corrected chi connectivity index (χ1v) is 7.05. The molecule has 19 heavy (non-hydrogen) atoms. The molecule has 1 aromatic carbocycles. The zero-order valence-corrected chi connectivity index (χ0v) is 11.0. The van der Waals surface area contributed by atoms with Gasteiger partial charge in [0.15, 0.2) is 0 Å². The van der Waals surface area contributed by atoms with Crippen LogP contribution >= 0.6 is 0 Å². The highest BCUT2D eigenvalue weighted by Crippen LogP contribution is 2.20. The number of carbonyl (C=O) groups excluding carboxylic acids is 1. The summed E-state index contributed by atoms with van der Waals surface area (Å²) in [6.07, 6.45) is 3.40. The van der Waals surface area contributed by atoms with Crippen LogP contribution in [0.15, 0.2) is 18.2 Å². The molecule has 102 valence electrons. The molecule has 1 heterocycles. The fourth-order valence-corrected chi connectivity index (χ4v) is 2.97. The number of carbonyl (C=O) groups is 1. The maximum Gasteiger partial charge on any atom is 0.251 e. The van der Waals surface area contributed by atoms with Gasteiger partial charge in [-0.25, -0.2) is 0 Å². The Kier molecular flexibility index (Phi) is 3.53. The van der Waals surface area contributed by atoms with Crippen molar-refractivity contribution in [3.05, 3.63) is 34.9 Å². The lowest BCUT2D eigenvalue weighted by molar-refractivity contribution is 0.0717. The summed E-state index contributed by atoms with van der Waals surface area (Å²) in [6, 6.07) is 5.75. The van der Waals surface area contributed by atoms with E-state index in [-0.39, 0.29) is 11.9 Å². The number of amides is 1. The van der Waals surface area contributed by atoms with Crippen LogP contribution in [0, 0.1) is 0 Å². The average Bonchev–Trinajstić information content (AvgIpc) is 2.88. The van der Waals surface area contributed by atoms with Gasteiger partial charge in [-0.15, -0.1) is 0 Å². The maximum atomic E-state index is 12.2. The standard InChI is InChI=1S/C15H20N2O2/c18-14-4-2-1-3-13(14)17-15(19)10-5-6-11-8-16-9-12(11)7-10/h5-7,13-14,16,18H,1-4,8-9H2,(H,17,19)/t13-,14-/m1/s1. The Morgan fingerprint density at radius 1 is 1.21 bits per heavy atom. The molecule has 0 spiro atoms. The SMILES string of the molecule is O=C(N[C@@H]1CCCC[C@H]1O)c1ccc2c(c1)CNC2. The van der Waals surface area contributed by atoms with Gasteiger partial charge in [0.05, 0.1) is 12.1 Å². The van der Waals surface area contributed by atoms with Crippen LogP contribution in [0.25, 0.3) is 0 Å². The Morgan fingerprint density at radius 2 is 2.00 bits per heavy atom. The summed E-state index contributed by atoms with van der Waals surface area (Å²) < 4.78 is 0. The molecule has 0 bridgehead atoms. The van der Waals surface area contributed by atoms with Gasteiger partial charge in [-0.3, -0.25) is 4.79 Å². The van der Waals surface area contributed by atoms with Crippen LogP contribution in [0.4, 0.5) is 0 Å². The average molecular weight is 260 g/mol. The molecule has 1 fully saturated rings. The number of hydrogen-bond donors (Lipinski definition) is 3. The summed E-state index contributed by atoms with van der Waals surface area (Å²) in [5.41, 5.74) is 3.17. The van der Waals surface area contributed by atoms with E-state index in [0.29, 0.717) is 5.56 Å². The predicted octanol–water partition coefficient (Wildman–Crippen LogP) is 1.32. The van der Waals surface area contributed by atoms with Gasteiger partial charge in [-0.1, -0.05) is 18.9 Å². The molecule has 3 N–H and O–H groups in total. The third-order valence-electron chi connectivity index (χ3n) is 4.15. The molecule has 2 atom stereocenters. The molecule has 0 saturated heterocycles. The van der Waals surface area contributed by atoms with E-state index in [2.05, 4.69) is 10.6 Å². The van der Waals surface area contributed by atoms with Crippen molar-refractivity contribution in [2.45, 2.75) is 50.9 Å². The van der Waals surface area contributed by atoms with E-state index in [9.17, 15) is 9.90 Å². The van der Waals surface area contributed by atoms with Crippen molar-refractivity contribution < 1.29 is 9.90 Å². The number of hydrogen-bond acceptors (Lipinski definition) is 3. The largest absolute Gasteiger partial charge is 0.391 e. The van der Waals surface area contributed by atoms with E-state index in [1.807, 2.05) is 18.2 Å². The van der Waals surface area contributed by atoms with Gasteiger partial charge in [-0.05, 0) is 36.1 Å². The van der Waals surface area contributed by atoms with Gasteiger partial charge in [0.25, 0.3) is 5.91 Å². The number of rotatable bonds is 2. The van der Waals surface area contributed by atoms with E-state index >= 15 is 0 Å². The molecule has 0 unspecified atom stereocenters. The molecule has 2 aliphatic rings. The van der Waals surface area contributed by atoms with E-state index in [1.165, 1.54) is 11.1 Å². The molecule has 3 rings (SSSR count). The predicted molar refractivity (Wildman–Crippen MR) is 72.7 cm³/mol. The molecular weight excluding hydrogens is 240 g/mol. The molecular formula is C15H20N2O2. The first-order valence-electron chi connectivity index (χ1n) is 7.05. The molecule has 0 aromatic heterocycles. The molecule has 0 radical (unpaired) electrons. The fourth-order valence-electron chi connectivity index (χ4n) is 2.97. The van der Waals surface area contributed by atoms with Crippen molar-refractivity contribution in [3.8, 4) is 0 Å². The molecule has 1 amide bonds. The highest BCUT2D eigenvalue weighted by atomic mass is 16.3. The van der Waals surface area contributed by atoms with Gasteiger partial charge in [-0.2, -0.15) is 0 Å². The Morgan fingerprint density at radius 3 is 2.84 bits per heavy atom. The lowest BCUT2D eigenvalue weighted by Gasteiger charge is -2.28. The quantitative estimate of drug-likeness (QED) is 0.751. The monoisotopic (exact) mass is 260 g/mol. The van der Waals surface area contributed by atoms with E-state index in [0.717, 1.165) is 38.8 Å². The Balaban J connectivity index is 1.70. The molecule has 1 aromatic rings. The first-order chi connectivity index (χ1) is 9.24. The second-order valence-electron chi connectivity index (χ2n) is 5.52. The van der Waals surface area contributed by atoms with Crippen molar-refractivity contribution in [2.24, 2.45) is 0 Å². The number of benzene rings is 1. The third kappa shape index (κ3) is 2.65. The summed E-state index contributed by atoms with van der Waals surface area (Å²) in [7, 11) is 0. The highest BCUT2D eigenvalue weighted by molar-refractivity contribution is 5.94. The second kappa shape index (κ2) is 5.31. The lowest BCUT2D eigenvalue weighted by atomic mass is 9.92. The number of aliphatic hydroxyl groups is 1. The number of nitrogens with one attached hydrogen (secondary N) is 2. The lowest BCUT2D eigenvalue weighted by Crippen LogP contribution is -2.45. The van der Waals surface area contributed by atoms with Crippen molar-refractivity contribution in [3.63, 3.8) is 0 Å². The van der Waals surface area contributed by atoms with Crippen LogP contribution in [0.2, 0.25) is 0 Å². The van der Waals surface area contributed by atoms with Gasteiger partial charge < -0.3 is 15.7 Å². The third-order valence-corrected chi connectivity index (χ3v) is 4.15. The van der Waals surface area contributed by atoms with Gasteiger partial charge in [0, 0.05) is 18.7 Å². The molecule has 4 nitrogen and oxygen atoms in total. The van der Waals surface area contributed by atoms with Crippen molar-refractivity contribution in [2.75, 3.05) is 0 Å². The van der Waals surface area contributed by atoms with Crippen LogP contribution in [0.3, 0.4) is 0 Å². The minimum atomic E-state index is -0.395. The van der Waals surface area contributed by atoms with Crippen LogP contribution in [-0.4, -0.2) is 23.2 Å². The molecule has 1 saturated carbocycles. The van der Waals surface area contributed by atoms with Crippen LogP contribution in [0.1, 0.15) is 47.2 Å². The van der Waals surface area contributed by atoms with E-state index < -0.39 is 6.10 Å². The van der Waals surface area contributed by atoms with E-state index in [4.69, 9.17) is 0 Å². The zero-order valence-electron chi connectivity index (χ0n) is 11.0. The number of aliphatic hydroxyl groups excluding tert-OH is 1. The van der Waals surface area contributed by atoms with Gasteiger partial charge in [0.1, 0.15) is 0 Å². The molecule has 1 aliphatic heterocycles. The van der Waals surface area contributed by atoms with Gasteiger partial charge >= 0.3 is 0 Å². The Labute approximate surface area is 113 Å². The normalized spacial score (nSPS) is 25.9. The topological polar surface area (TPSA) is 61.4 Å². The van der Waals surface area contributed by atoms with Gasteiger partial charge in [0.2, 0.25) is 0 Å². The molecule has 1 aliphatic carbocycles. The van der Waals surface area contributed by atoms with E-state index in [1.54, 1.807) is 0 Å². The summed E-state index contributed by atoms with van der Waals surface area (Å²) in [4.78, 5) is 12.2.